The molecule has 0 spiro atoms. The number of rotatable bonds is 4. The first-order valence-electron chi connectivity index (χ1n) is 5.91. The van der Waals surface area contributed by atoms with Gasteiger partial charge in [0, 0.05) is 10.6 Å². The molecular weight excluding hydrogens is 246 g/mol. The summed E-state index contributed by atoms with van der Waals surface area (Å²) in [6, 6.07) is 7.50. The van der Waals surface area contributed by atoms with Crippen molar-refractivity contribution >= 4 is 11.6 Å². The molecule has 1 aromatic heterocycles. The maximum absolute atomic E-state index is 7.06. The Morgan fingerprint density at radius 2 is 2.06 bits per heavy atom. The van der Waals surface area contributed by atoms with Crippen molar-refractivity contribution in [1.29, 1.82) is 0 Å². The summed E-state index contributed by atoms with van der Waals surface area (Å²) in [4.78, 5) is 3.49. The SMILES string of the molecule is [C-]#[N+]Cc1c(CCC)cnn1-c1ccc(Cl)cc1. The zero-order valence-corrected chi connectivity index (χ0v) is 11.0. The molecule has 0 amide bonds. The van der Waals surface area contributed by atoms with Crippen LogP contribution in [0.1, 0.15) is 24.6 Å². The van der Waals surface area contributed by atoms with Crippen LogP contribution in [0.25, 0.3) is 10.5 Å². The molecule has 0 saturated carbocycles. The molecule has 0 bridgehead atoms. The highest BCUT2D eigenvalue weighted by Gasteiger charge is 2.13. The zero-order chi connectivity index (χ0) is 13.0. The van der Waals surface area contributed by atoms with E-state index in [0.29, 0.717) is 11.6 Å². The summed E-state index contributed by atoms with van der Waals surface area (Å²) in [6.45, 7) is 9.55. The quantitative estimate of drug-likeness (QED) is 0.764. The predicted octanol–water partition coefficient (Wildman–Crippen LogP) is 3.90. The van der Waals surface area contributed by atoms with Crippen molar-refractivity contribution < 1.29 is 0 Å². The van der Waals surface area contributed by atoms with E-state index in [9.17, 15) is 0 Å². The number of nitrogens with zero attached hydrogens (tertiary/aromatic N) is 3. The minimum absolute atomic E-state index is 0.359. The molecule has 3 nitrogen and oxygen atoms in total. The first-order valence-corrected chi connectivity index (χ1v) is 6.29. The van der Waals surface area contributed by atoms with Gasteiger partial charge in [0.25, 0.3) is 6.54 Å². The van der Waals surface area contributed by atoms with Crippen LogP contribution in [0.5, 0.6) is 0 Å². The molecule has 0 aliphatic heterocycles. The zero-order valence-electron chi connectivity index (χ0n) is 10.2. The van der Waals surface area contributed by atoms with Crippen LogP contribution in [-0.2, 0) is 13.0 Å². The Labute approximate surface area is 112 Å². The minimum atomic E-state index is 0.359. The Morgan fingerprint density at radius 3 is 2.67 bits per heavy atom. The maximum atomic E-state index is 7.06. The van der Waals surface area contributed by atoms with Crippen molar-refractivity contribution in [1.82, 2.24) is 9.78 Å². The summed E-state index contributed by atoms with van der Waals surface area (Å²) < 4.78 is 1.83. The molecule has 2 aromatic rings. The van der Waals surface area contributed by atoms with Crippen molar-refractivity contribution in [3.05, 3.63) is 58.2 Å². The second-order valence-electron chi connectivity index (χ2n) is 4.07. The summed E-state index contributed by atoms with van der Waals surface area (Å²) in [6.07, 6.45) is 3.87. The van der Waals surface area contributed by atoms with E-state index in [1.54, 1.807) is 0 Å². The average molecular weight is 260 g/mol. The van der Waals surface area contributed by atoms with Gasteiger partial charge in [-0.25, -0.2) is 11.3 Å². The standard InChI is InChI=1S/C14H14ClN3/c1-3-4-11-9-17-18(14(11)10-16-2)13-7-5-12(15)6-8-13/h5-9H,3-4,10H2,1H3. The van der Waals surface area contributed by atoms with E-state index in [4.69, 9.17) is 18.2 Å². The van der Waals surface area contributed by atoms with Crippen molar-refractivity contribution in [2.45, 2.75) is 26.3 Å². The van der Waals surface area contributed by atoms with Gasteiger partial charge in [0.2, 0.25) is 0 Å². The summed E-state index contributed by atoms with van der Waals surface area (Å²) >= 11 is 5.88. The van der Waals surface area contributed by atoms with Crippen LogP contribution < -0.4 is 0 Å². The summed E-state index contributed by atoms with van der Waals surface area (Å²) in [5.41, 5.74) is 3.08. The Hall–Kier alpha value is -1.79. The van der Waals surface area contributed by atoms with Crippen LogP contribution in [0.4, 0.5) is 0 Å². The van der Waals surface area contributed by atoms with Gasteiger partial charge in [0.05, 0.1) is 11.9 Å². The lowest BCUT2D eigenvalue weighted by Gasteiger charge is -2.05. The number of aryl methyl sites for hydroxylation is 1. The van der Waals surface area contributed by atoms with Gasteiger partial charge in [-0.3, -0.25) is 0 Å². The molecule has 4 heteroatoms. The molecule has 92 valence electrons. The highest BCUT2D eigenvalue weighted by atomic mass is 35.5. The van der Waals surface area contributed by atoms with Crippen molar-refractivity contribution in [2.24, 2.45) is 0 Å². The number of hydrogen-bond donors (Lipinski definition) is 0. The van der Waals surface area contributed by atoms with Crippen LogP contribution in [-0.4, -0.2) is 9.78 Å². The van der Waals surface area contributed by atoms with Crippen molar-refractivity contribution in [2.75, 3.05) is 0 Å². The summed E-state index contributed by atoms with van der Waals surface area (Å²) in [5, 5.41) is 5.08. The maximum Gasteiger partial charge on any atom is 0.256 e. The highest BCUT2D eigenvalue weighted by molar-refractivity contribution is 6.30. The van der Waals surface area contributed by atoms with E-state index in [-0.39, 0.29) is 0 Å². The number of aromatic nitrogens is 2. The fourth-order valence-corrected chi connectivity index (χ4v) is 2.06. The predicted molar refractivity (Wildman–Crippen MR) is 72.9 cm³/mol. The lowest BCUT2D eigenvalue weighted by molar-refractivity contribution is 0.818. The van der Waals surface area contributed by atoms with Gasteiger partial charge in [-0.15, -0.1) is 0 Å². The largest absolute Gasteiger partial charge is 0.310 e. The first-order chi connectivity index (χ1) is 8.76. The van der Waals surface area contributed by atoms with Gasteiger partial charge >= 0.3 is 0 Å². The van der Waals surface area contributed by atoms with E-state index < -0.39 is 0 Å². The molecule has 0 atom stereocenters. The second-order valence-corrected chi connectivity index (χ2v) is 4.51. The second kappa shape index (κ2) is 5.70. The molecular formula is C14H14ClN3. The molecule has 1 heterocycles. The van der Waals surface area contributed by atoms with Gasteiger partial charge in [-0.1, -0.05) is 24.9 Å². The molecule has 0 radical (unpaired) electrons. The van der Waals surface area contributed by atoms with Crippen LogP contribution in [0.15, 0.2) is 30.5 Å². The van der Waals surface area contributed by atoms with E-state index in [2.05, 4.69) is 16.9 Å². The van der Waals surface area contributed by atoms with Gasteiger partial charge in [0.15, 0.2) is 0 Å². The highest BCUT2D eigenvalue weighted by Crippen LogP contribution is 2.19. The third-order valence-corrected chi connectivity index (χ3v) is 3.03. The van der Waals surface area contributed by atoms with Gasteiger partial charge in [0.1, 0.15) is 5.69 Å². The van der Waals surface area contributed by atoms with Gasteiger partial charge in [-0.05, 0) is 30.7 Å². The number of hydrogen-bond acceptors (Lipinski definition) is 1. The van der Waals surface area contributed by atoms with E-state index in [0.717, 1.165) is 29.8 Å². The van der Waals surface area contributed by atoms with Crippen LogP contribution >= 0.6 is 11.6 Å². The van der Waals surface area contributed by atoms with Gasteiger partial charge < -0.3 is 4.85 Å². The van der Waals surface area contributed by atoms with E-state index >= 15 is 0 Å². The van der Waals surface area contributed by atoms with Crippen LogP contribution in [0.3, 0.4) is 0 Å². The Kier molecular flexibility index (Phi) is 4.01. The lowest BCUT2D eigenvalue weighted by atomic mass is 10.1. The fraction of sp³-hybridized carbons (Fsp3) is 0.286. The third-order valence-electron chi connectivity index (χ3n) is 2.77. The van der Waals surface area contributed by atoms with Crippen LogP contribution in [0.2, 0.25) is 5.02 Å². The van der Waals surface area contributed by atoms with E-state index in [1.165, 1.54) is 0 Å². The summed E-state index contributed by atoms with van der Waals surface area (Å²) in [7, 11) is 0. The molecule has 0 N–H and O–H groups in total. The minimum Gasteiger partial charge on any atom is -0.310 e. The molecule has 0 aliphatic rings. The Balaban J connectivity index is 2.44. The third kappa shape index (κ3) is 2.55. The molecule has 1 aromatic carbocycles. The lowest BCUT2D eigenvalue weighted by Crippen LogP contribution is -2.02. The molecule has 2 rings (SSSR count). The van der Waals surface area contributed by atoms with E-state index in [1.807, 2.05) is 35.1 Å². The van der Waals surface area contributed by atoms with Crippen LogP contribution in [0, 0.1) is 6.57 Å². The molecule has 18 heavy (non-hydrogen) atoms. The van der Waals surface area contributed by atoms with Crippen molar-refractivity contribution in [3.63, 3.8) is 0 Å². The molecule has 0 fully saturated rings. The molecule has 0 aliphatic carbocycles. The first kappa shape index (κ1) is 12.7. The normalized spacial score (nSPS) is 10.3. The monoisotopic (exact) mass is 259 g/mol. The van der Waals surface area contributed by atoms with Crippen molar-refractivity contribution in [3.8, 4) is 5.69 Å². The molecule has 0 unspecified atom stereocenters. The van der Waals surface area contributed by atoms with Gasteiger partial charge in [-0.2, -0.15) is 5.10 Å². The fourth-order valence-electron chi connectivity index (χ4n) is 1.93. The smallest absolute Gasteiger partial charge is 0.256 e. The number of halogens is 1. The average Bonchev–Trinajstić information content (AvgIpc) is 2.75. The Bertz CT molecular complexity index is 564. The topological polar surface area (TPSA) is 22.2 Å². The Morgan fingerprint density at radius 1 is 1.33 bits per heavy atom. The summed E-state index contributed by atoms with van der Waals surface area (Å²) in [5.74, 6) is 0. The number of benzene rings is 1. The molecule has 0 saturated heterocycles.